The van der Waals surface area contributed by atoms with Crippen LogP contribution in [0.2, 0.25) is 5.02 Å². The topological polar surface area (TPSA) is 64.4 Å². The summed E-state index contributed by atoms with van der Waals surface area (Å²) in [6.07, 6.45) is 1.66. The van der Waals surface area contributed by atoms with E-state index < -0.39 is 0 Å². The summed E-state index contributed by atoms with van der Waals surface area (Å²) in [5.74, 6) is 1.82. The molecule has 0 unspecified atom stereocenters. The Labute approximate surface area is 154 Å². The summed E-state index contributed by atoms with van der Waals surface area (Å²) in [6, 6.07) is 12.8. The van der Waals surface area contributed by atoms with Crippen LogP contribution < -0.4 is 9.47 Å². The van der Waals surface area contributed by atoms with Crippen molar-refractivity contribution >= 4 is 30.0 Å². The molecule has 25 heavy (non-hydrogen) atoms. The molecule has 0 atom stereocenters. The van der Waals surface area contributed by atoms with Crippen LogP contribution >= 0.6 is 23.8 Å². The maximum absolute atomic E-state index is 6.00. The highest BCUT2D eigenvalue weighted by Gasteiger charge is 2.14. The maximum Gasteiger partial charge on any atom is 0.216 e. The first kappa shape index (κ1) is 17.2. The summed E-state index contributed by atoms with van der Waals surface area (Å²) in [4.78, 5) is 0. The van der Waals surface area contributed by atoms with Crippen molar-refractivity contribution in [1.82, 2.24) is 14.9 Å². The molecule has 1 aromatic heterocycles. The predicted molar refractivity (Wildman–Crippen MR) is 100 cm³/mol. The Balaban J connectivity index is 2.04. The minimum atomic E-state index is 0.367. The minimum Gasteiger partial charge on any atom is -0.497 e. The average molecular weight is 375 g/mol. The number of aromatic amines is 1. The average Bonchev–Trinajstić information content (AvgIpc) is 2.99. The van der Waals surface area contributed by atoms with E-state index >= 15 is 0 Å². The zero-order valence-corrected chi connectivity index (χ0v) is 15.1. The summed E-state index contributed by atoms with van der Waals surface area (Å²) in [6.45, 7) is 0. The molecule has 3 aromatic rings. The second kappa shape index (κ2) is 7.50. The summed E-state index contributed by atoms with van der Waals surface area (Å²) in [5.41, 5.74) is 1.59. The van der Waals surface area contributed by atoms with Gasteiger partial charge in [0.05, 0.1) is 26.0 Å². The van der Waals surface area contributed by atoms with Crippen LogP contribution in [0.1, 0.15) is 5.56 Å². The number of nitrogens with zero attached hydrogens (tertiary/aromatic N) is 3. The van der Waals surface area contributed by atoms with Crippen molar-refractivity contribution in [3.8, 4) is 22.9 Å². The number of hydrogen-bond acceptors (Lipinski definition) is 5. The smallest absolute Gasteiger partial charge is 0.216 e. The summed E-state index contributed by atoms with van der Waals surface area (Å²) in [5, 5.41) is 12.1. The number of nitrogens with one attached hydrogen (secondary N) is 1. The van der Waals surface area contributed by atoms with Crippen LogP contribution in [0.4, 0.5) is 0 Å². The van der Waals surface area contributed by atoms with Gasteiger partial charge in [0.1, 0.15) is 11.5 Å². The molecule has 6 nitrogen and oxygen atoms in total. The third-order valence-electron chi connectivity index (χ3n) is 3.47. The van der Waals surface area contributed by atoms with Crippen molar-refractivity contribution in [2.75, 3.05) is 14.2 Å². The second-order valence-electron chi connectivity index (χ2n) is 5.03. The van der Waals surface area contributed by atoms with E-state index in [0.717, 1.165) is 11.1 Å². The normalized spacial score (nSPS) is 11.0. The number of methoxy groups -OCH3 is 2. The molecule has 0 radical (unpaired) electrons. The number of aromatic nitrogens is 3. The highest BCUT2D eigenvalue weighted by Crippen LogP contribution is 2.32. The van der Waals surface area contributed by atoms with Crippen LogP contribution in [0.3, 0.4) is 0 Å². The lowest BCUT2D eigenvalue weighted by Gasteiger charge is -2.09. The summed E-state index contributed by atoms with van der Waals surface area (Å²) in [7, 11) is 3.18. The van der Waals surface area contributed by atoms with Crippen LogP contribution in [-0.2, 0) is 0 Å². The molecular formula is C17H15ClN4O2S. The number of hydrogen-bond donors (Lipinski definition) is 1. The van der Waals surface area contributed by atoms with Gasteiger partial charge in [-0.3, -0.25) is 0 Å². The molecule has 0 fully saturated rings. The molecule has 0 aliphatic carbocycles. The Kier molecular flexibility index (Phi) is 5.16. The lowest BCUT2D eigenvalue weighted by molar-refractivity contribution is 0.395. The van der Waals surface area contributed by atoms with Gasteiger partial charge in [-0.15, -0.1) is 0 Å². The fourth-order valence-corrected chi connectivity index (χ4v) is 2.65. The molecule has 0 saturated carbocycles. The molecule has 1 N–H and O–H groups in total. The molecule has 128 valence electrons. The van der Waals surface area contributed by atoms with E-state index in [1.807, 2.05) is 30.3 Å². The first-order chi connectivity index (χ1) is 12.1. The highest BCUT2D eigenvalue weighted by molar-refractivity contribution is 7.71. The molecule has 0 spiro atoms. The largest absolute Gasteiger partial charge is 0.497 e. The number of halogens is 1. The summed E-state index contributed by atoms with van der Waals surface area (Å²) >= 11 is 11.3. The lowest BCUT2D eigenvalue weighted by Crippen LogP contribution is -1.98. The van der Waals surface area contributed by atoms with Crippen molar-refractivity contribution in [1.29, 1.82) is 0 Å². The van der Waals surface area contributed by atoms with E-state index in [-0.39, 0.29) is 0 Å². The van der Waals surface area contributed by atoms with Gasteiger partial charge in [-0.1, -0.05) is 23.7 Å². The Morgan fingerprint density at radius 1 is 1.20 bits per heavy atom. The maximum atomic E-state index is 6.00. The Hall–Kier alpha value is -2.64. The van der Waals surface area contributed by atoms with E-state index in [2.05, 4.69) is 15.3 Å². The van der Waals surface area contributed by atoms with Gasteiger partial charge in [0, 0.05) is 11.1 Å². The molecule has 0 aliphatic heterocycles. The van der Waals surface area contributed by atoms with Gasteiger partial charge < -0.3 is 9.47 Å². The molecule has 8 heteroatoms. The highest BCUT2D eigenvalue weighted by atomic mass is 35.5. The third kappa shape index (κ3) is 3.72. The first-order valence-electron chi connectivity index (χ1n) is 7.32. The van der Waals surface area contributed by atoms with Crippen molar-refractivity contribution in [3.05, 3.63) is 57.8 Å². The van der Waals surface area contributed by atoms with Crippen molar-refractivity contribution in [2.24, 2.45) is 5.10 Å². The molecule has 2 aromatic carbocycles. The van der Waals surface area contributed by atoms with Gasteiger partial charge in [-0.25, -0.2) is 5.10 Å². The van der Waals surface area contributed by atoms with E-state index in [4.69, 9.17) is 33.3 Å². The number of H-pyrrole nitrogens is 1. The van der Waals surface area contributed by atoms with Gasteiger partial charge >= 0.3 is 0 Å². The number of benzene rings is 2. The summed E-state index contributed by atoms with van der Waals surface area (Å²) < 4.78 is 12.6. The first-order valence-corrected chi connectivity index (χ1v) is 8.10. The van der Waals surface area contributed by atoms with Gasteiger partial charge in [-0.2, -0.15) is 14.9 Å². The molecule has 0 aliphatic rings. The zero-order valence-electron chi connectivity index (χ0n) is 13.6. The Morgan fingerprint density at radius 2 is 2.04 bits per heavy atom. The Bertz CT molecular complexity index is 981. The quantitative estimate of drug-likeness (QED) is 0.538. The number of rotatable bonds is 5. The molecular weight excluding hydrogens is 360 g/mol. The molecule has 0 bridgehead atoms. The SMILES string of the molecule is COc1ccc(-c2n[nH]c(=S)n2/N=C\c2cccc(Cl)c2)c(OC)c1. The van der Waals surface area contributed by atoms with Gasteiger partial charge in [0.25, 0.3) is 0 Å². The Morgan fingerprint density at radius 3 is 2.76 bits per heavy atom. The molecule has 0 saturated heterocycles. The third-order valence-corrected chi connectivity index (χ3v) is 3.97. The van der Waals surface area contributed by atoms with E-state index in [9.17, 15) is 0 Å². The fraction of sp³-hybridized carbons (Fsp3) is 0.118. The fourth-order valence-electron chi connectivity index (χ4n) is 2.27. The molecule has 0 amide bonds. The van der Waals surface area contributed by atoms with Crippen LogP contribution in [0, 0.1) is 4.77 Å². The van der Waals surface area contributed by atoms with Crippen molar-refractivity contribution in [3.63, 3.8) is 0 Å². The van der Waals surface area contributed by atoms with Gasteiger partial charge in [0.2, 0.25) is 4.77 Å². The molecule has 1 heterocycles. The monoisotopic (exact) mass is 374 g/mol. The van der Waals surface area contributed by atoms with E-state index in [0.29, 0.717) is 27.1 Å². The van der Waals surface area contributed by atoms with Crippen LogP contribution in [0.25, 0.3) is 11.4 Å². The van der Waals surface area contributed by atoms with Crippen LogP contribution in [0.5, 0.6) is 11.5 Å². The lowest BCUT2D eigenvalue weighted by atomic mass is 10.2. The van der Waals surface area contributed by atoms with Crippen molar-refractivity contribution in [2.45, 2.75) is 0 Å². The standard InChI is InChI=1S/C17H15ClN4O2S/c1-23-13-6-7-14(15(9-13)24-2)16-20-21-17(25)22(16)19-10-11-4-3-5-12(18)8-11/h3-10H,1-2H3,(H,21,25)/b19-10-. The second-order valence-corrected chi connectivity index (χ2v) is 5.85. The van der Waals surface area contributed by atoms with Crippen LogP contribution in [0.15, 0.2) is 47.6 Å². The minimum absolute atomic E-state index is 0.367. The predicted octanol–water partition coefficient (Wildman–Crippen LogP) is 4.16. The van der Waals surface area contributed by atoms with Crippen LogP contribution in [-0.4, -0.2) is 35.3 Å². The zero-order chi connectivity index (χ0) is 17.8. The molecule has 3 rings (SSSR count). The van der Waals surface area contributed by atoms with E-state index in [1.165, 1.54) is 4.68 Å². The number of ether oxygens (including phenoxy) is 2. The van der Waals surface area contributed by atoms with E-state index in [1.54, 1.807) is 32.6 Å². The van der Waals surface area contributed by atoms with Crippen molar-refractivity contribution < 1.29 is 9.47 Å². The van der Waals surface area contributed by atoms with Gasteiger partial charge in [-0.05, 0) is 42.0 Å². The van der Waals surface area contributed by atoms with Gasteiger partial charge in [0.15, 0.2) is 5.82 Å².